The van der Waals surface area contributed by atoms with Crippen LogP contribution in [0.25, 0.3) is 5.82 Å². The first-order valence-corrected chi connectivity index (χ1v) is 9.59. The molecule has 2 aromatic heterocycles. The minimum atomic E-state index is -0.409. The number of carbonyl (C=O) groups excluding carboxylic acids is 2. The summed E-state index contributed by atoms with van der Waals surface area (Å²) < 4.78 is 2.69. The average Bonchev–Trinajstić information content (AvgIpc) is 3.05. The monoisotopic (exact) mass is 459 g/mol. The summed E-state index contributed by atoms with van der Waals surface area (Å²) >= 11 is 8.61. The van der Waals surface area contributed by atoms with Crippen LogP contribution in [-0.2, 0) is 0 Å². The zero-order valence-corrected chi connectivity index (χ0v) is 17.9. The van der Waals surface area contributed by atoms with Crippen molar-refractivity contribution in [1.29, 1.82) is 0 Å². The van der Waals surface area contributed by atoms with Crippen molar-refractivity contribution in [3.05, 3.63) is 68.0 Å². The Morgan fingerprint density at radius 3 is 2.61 bits per heavy atom. The number of pyridine rings is 1. The van der Waals surface area contributed by atoms with Crippen LogP contribution in [0.3, 0.4) is 0 Å². The molecule has 2 heterocycles. The Bertz CT molecular complexity index is 1140. The quantitative estimate of drug-likeness (QED) is 0.515. The highest BCUT2D eigenvalue weighted by molar-refractivity contribution is 9.10. The van der Waals surface area contributed by atoms with Crippen LogP contribution in [0.2, 0.25) is 0 Å². The van der Waals surface area contributed by atoms with Crippen molar-refractivity contribution in [3.8, 4) is 5.82 Å². The number of H-pyrrole nitrogens is 1. The molecule has 9 heteroatoms. The number of aromatic nitrogens is 3. The highest BCUT2D eigenvalue weighted by Gasteiger charge is 2.20. The molecule has 0 atom stereocenters. The molecule has 0 fully saturated rings. The molecule has 0 unspecified atom stereocenters. The van der Waals surface area contributed by atoms with Gasteiger partial charge in [0.1, 0.15) is 10.3 Å². The van der Waals surface area contributed by atoms with E-state index in [2.05, 4.69) is 36.6 Å². The van der Waals surface area contributed by atoms with Gasteiger partial charge in [-0.25, -0.2) is 9.67 Å². The van der Waals surface area contributed by atoms with Gasteiger partial charge < -0.3 is 10.6 Å². The number of benzene rings is 1. The van der Waals surface area contributed by atoms with Gasteiger partial charge in [0.2, 0.25) is 0 Å². The van der Waals surface area contributed by atoms with Gasteiger partial charge in [0, 0.05) is 23.8 Å². The van der Waals surface area contributed by atoms with Crippen molar-refractivity contribution in [2.75, 3.05) is 12.4 Å². The number of nitrogens with one attached hydrogen (secondary N) is 3. The summed E-state index contributed by atoms with van der Waals surface area (Å²) in [5, 5.41) is 8.40. The summed E-state index contributed by atoms with van der Waals surface area (Å²) in [4.78, 5) is 29.7. The topological polar surface area (TPSA) is 91.8 Å². The van der Waals surface area contributed by atoms with Crippen LogP contribution in [0.4, 0.5) is 5.69 Å². The first-order valence-electron chi connectivity index (χ1n) is 8.39. The van der Waals surface area contributed by atoms with Crippen LogP contribution in [0, 0.1) is 18.5 Å². The van der Waals surface area contributed by atoms with Crippen molar-refractivity contribution in [3.63, 3.8) is 0 Å². The third-order valence-corrected chi connectivity index (χ3v) is 4.83. The highest BCUT2D eigenvalue weighted by Crippen LogP contribution is 2.27. The van der Waals surface area contributed by atoms with E-state index in [1.807, 2.05) is 32.0 Å². The molecule has 2 amide bonds. The number of rotatable bonds is 4. The van der Waals surface area contributed by atoms with Gasteiger partial charge in [-0.2, -0.15) is 0 Å². The number of carbonyl (C=O) groups is 2. The molecule has 0 aliphatic heterocycles. The minimum absolute atomic E-state index is 0.289. The Morgan fingerprint density at radius 1 is 1.18 bits per heavy atom. The zero-order chi connectivity index (χ0) is 20.4. The van der Waals surface area contributed by atoms with Crippen LogP contribution in [-0.4, -0.2) is 33.6 Å². The Labute approximate surface area is 175 Å². The predicted octanol–water partition coefficient (Wildman–Crippen LogP) is 3.92. The summed E-state index contributed by atoms with van der Waals surface area (Å²) in [5.41, 5.74) is 2.71. The van der Waals surface area contributed by atoms with Gasteiger partial charge in [-0.1, -0.05) is 34.2 Å². The number of anilines is 1. The van der Waals surface area contributed by atoms with Crippen molar-refractivity contribution in [2.45, 2.75) is 13.8 Å². The Kier molecular flexibility index (Phi) is 5.76. The second-order valence-electron chi connectivity index (χ2n) is 6.16. The second-order valence-corrected chi connectivity index (χ2v) is 7.52. The Balaban J connectivity index is 2.06. The van der Waals surface area contributed by atoms with Crippen molar-refractivity contribution in [2.24, 2.45) is 0 Å². The van der Waals surface area contributed by atoms with E-state index in [-0.39, 0.29) is 11.6 Å². The lowest BCUT2D eigenvalue weighted by atomic mass is 10.1. The summed E-state index contributed by atoms with van der Waals surface area (Å²) in [7, 11) is 1.54. The van der Waals surface area contributed by atoms with Gasteiger partial charge in [0.05, 0.1) is 11.3 Å². The molecule has 0 saturated carbocycles. The van der Waals surface area contributed by atoms with Crippen molar-refractivity contribution in [1.82, 2.24) is 20.1 Å². The van der Waals surface area contributed by atoms with Gasteiger partial charge in [0.15, 0.2) is 5.82 Å². The number of hydrogen-bond donors (Lipinski definition) is 3. The third-order valence-electron chi connectivity index (χ3n) is 4.17. The van der Waals surface area contributed by atoms with E-state index in [9.17, 15) is 9.59 Å². The number of halogens is 1. The van der Waals surface area contributed by atoms with Gasteiger partial charge in [0.25, 0.3) is 11.8 Å². The Morgan fingerprint density at radius 2 is 1.93 bits per heavy atom. The maximum Gasteiger partial charge on any atom is 0.274 e. The molecule has 0 bridgehead atoms. The smallest absolute Gasteiger partial charge is 0.274 e. The fraction of sp³-hybridized carbons (Fsp3) is 0.158. The molecule has 144 valence electrons. The largest absolute Gasteiger partial charge is 0.355 e. The first-order chi connectivity index (χ1) is 13.3. The lowest BCUT2D eigenvalue weighted by Gasteiger charge is -2.15. The van der Waals surface area contributed by atoms with Crippen molar-refractivity contribution >= 4 is 45.6 Å². The highest BCUT2D eigenvalue weighted by atomic mass is 79.9. The molecule has 7 nitrogen and oxygen atoms in total. The van der Waals surface area contributed by atoms with Crippen molar-refractivity contribution < 1.29 is 9.59 Å². The van der Waals surface area contributed by atoms with Gasteiger partial charge in [-0.3, -0.25) is 14.7 Å². The van der Waals surface area contributed by atoms with E-state index in [1.165, 1.54) is 7.05 Å². The van der Waals surface area contributed by atoms with Gasteiger partial charge >= 0.3 is 0 Å². The SMILES string of the molecule is CNC(=O)c1cc(Br)cc(C)c1NC(=O)c1cc(=S)[nH]n1-c1ncccc1C. The minimum Gasteiger partial charge on any atom is -0.355 e. The van der Waals surface area contributed by atoms with Crippen LogP contribution in [0.5, 0.6) is 0 Å². The molecule has 0 saturated heterocycles. The zero-order valence-electron chi connectivity index (χ0n) is 15.5. The van der Waals surface area contributed by atoms with E-state index in [4.69, 9.17) is 12.2 Å². The van der Waals surface area contributed by atoms with Crippen LogP contribution >= 0.6 is 28.1 Å². The number of aryl methyl sites for hydroxylation is 2. The molecule has 3 N–H and O–H groups in total. The van der Waals surface area contributed by atoms with Gasteiger partial charge in [-0.15, -0.1) is 0 Å². The fourth-order valence-electron chi connectivity index (χ4n) is 2.84. The second kappa shape index (κ2) is 8.07. The normalized spacial score (nSPS) is 10.6. The lowest BCUT2D eigenvalue weighted by Crippen LogP contribution is -2.23. The van der Waals surface area contributed by atoms with Crippen LogP contribution < -0.4 is 10.6 Å². The maximum atomic E-state index is 13.1. The number of nitrogens with zero attached hydrogens (tertiary/aromatic N) is 2. The summed E-state index contributed by atoms with van der Waals surface area (Å²) in [6.07, 6.45) is 1.64. The molecule has 0 spiro atoms. The summed E-state index contributed by atoms with van der Waals surface area (Å²) in [6.45, 7) is 3.71. The van der Waals surface area contributed by atoms with Crippen LogP contribution in [0.1, 0.15) is 32.0 Å². The molecular weight excluding hydrogens is 442 g/mol. The van der Waals surface area contributed by atoms with Gasteiger partial charge in [-0.05, 0) is 43.2 Å². The summed E-state index contributed by atoms with van der Waals surface area (Å²) in [6, 6.07) is 8.76. The van der Waals surface area contributed by atoms with E-state index in [0.717, 1.165) is 15.6 Å². The molecule has 1 aromatic carbocycles. The number of hydrogen-bond acceptors (Lipinski definition) is 4. The number of amides is 2. The van der Waals surface area contributed by atoms with E-state index < -0.39 is 5.91 Å². The fourth-order valence-corrected chi connectivity index (χ4v) is 3.61. The first kappa shape index (κ1) is 20.0. The molecule has 28 heavy (non-hydrogen) atoms. The summed E-state index contributed by atoms with van der Waals surface area (Å²) in [5.74, 6) is -0.137. The lowest BCUT2D eigenvalue weighted by molar-refractivity contribution is 0.0964. The maximum absolute atomic E-state index is 13.1. The molecule has 0 aliphatic rings. The number of aromatic amines is 1. The van der Waals surface area contributed by atoms with E-state index in [1.54, 1.807) is 23.0 Å². The van der Waals surface area contributed by atoms with E-state index in [0.29, 0.717) is 21.7 Å². The average molecular weight is 460 g/mol. The predicted molar refractivity (Wildman–Crippen MR) is 114 cm³/mol. The molecule has 0 radical (unpaired) electrons. The van der Waals surface area contributed by atoms with Crippen LogP contribution in [0.15, 0.2) is 41.0 Å². The standard InChI is InChI=1S/C19H18BrN5O2S/c1-10-5-4-6-22-17(10)25-14(9-15(28)24-25)19(27)23-16-11(2)7-12(20)8-13(16)18(26)21-3/h4-9H,1-3H3,(H,21,26)(H,23,27)(H,24,28). The molecule has 3 aromatic rings. The molecular formula is C19H18BrN5O2S. The molecule has 3 rings (SSSR count). The Hall–Kier alpha value is -2.78. The molecule has 0 aliphatic carbocycles. The third kappa shape index (κ3) is 3.90. The van der Waals surface area contributed by atoms with E-state index >= 15 is 0 Å².